The molecule has 2 atom stereocenters. The third kappa shape index (κ3) is 2.65. The van der Waals surface area contributed by atoms with E-state index in [1.54, 1.807) is 7.05 Å². The van der Waals surface area contributed by atoms with E-state index < -0.39 is 34.6 Å². The number of nitrogens with one attached hydrogen (secondary N) is 1. The summed E-state index contributed by atoms with van der Waals surface area (Å²) in [6.45, 7) is -0.0425. The summed E-state index contributed by atoms with van der Waals surface area (Å²) < 4.78 is 41.8. The predicted octanol–water partition coefficient (Wildman–Crippen LogP) is -0.656. The van der Waals surface area contributed by atoms with E-state index in [-0.39, 0.29) is 13.2 Å². The molecule has 1 fully saturated rings. The summed E-state index contributed by atoms with van der Waals surface area (Å²) in [5.41, 5.74) is 1.14. The van der Waals surface area contributed by atoms with Gasteiger partial charge in [0.2, 0.25) is 0 Å². The monoisotopic (exact) mass is 361 g/mol. The van der Waals surface area contributed by atoms with E-state index in [4.69, 9.17) is 9.29 Å². The number of hydroxylamine groups is 2. The molecule has 0 saturated carbocycles. The number of rotatable bonds is 4. The van der Waals surface area contributed by atoms with Crippen LogP contribution in [-0.4, -0.2) is 65.0 Å². The van der Waals surface area contributed by atoms with E-state index in [2.05, 4.69) is 14.7 Å². The Balaban J connectivity index is 1.96. The second-order valence-electron chi connectivity index (χ2n) is 5.25. The first-order chi connectivity index (χ1) is 11.2. The first-order valence-corrected chi connectivity index (χ1v) is 8.22. The highest BCUT2D eigenvalue weighted by molar-refractivity contribution is 7.80. The average Bonchev–Trinajstić information content (AvgIpc) is 3.01. The molecular formula is C11H15N5O7S. The van der Waals surface area contributed by atoms with Crippen LogP contribution in [-0.2, 0) is 26.5 Å². The van der Waals surface area contributed by atoms with E-state index >= 15 is 0 Å². The number of amides is 3. The number of aromatic nitrogens is 2. The van der Waals surface area contributed by atoms with Gasteiger partial charge in [0.25, 0.3) is 0 Å². The fourth-order valence-corrected chi connectivity index (χ4v) is 3.31. The molecule has 0 radical (unpaired) electrons. The maximum atomic E-state index is 12.4. The summed E-state index contributed by atoms with van der Waals surface area (Å²) in [7, 11) is -1.82. The van der Waals surface area contributed by atoms with Crippen LogP contribution >= 0.6 is 0 Å². The zero-order valence-electron chi connectivity index (χ0n) is 12.7. The second kappa shape index (κ2) is 5.61. The highest BCUT2D eigenvalue weighted by atomic mass is 32.3. The molecule has 3 heterocycles. The van der Waals surface area contributed by atoms with Crippen LogP contribution in [0, 0.1) is 0 Å². The van der Waals surface area contributed by atoms with Crippen molar-refractivity contribution >= 4 is 22.5 Å². The number of aryl methyl sites for hydroxylation is 1. The fraction of sp³-hybridized carbons (Fsp3) is 0.545. The lowest BCUT2D eigenvalue weighted by atomic mass is 9.98. The summed E-state index contributed by atoms with van der Waals surface area (Å²) in [5.74, 6) is 0. The molecule has 13 heteroatoms. The van der Waals surface area contributed by atoms with Crippen LogP contribution in [0.4, 0.5) is 9.59 Å². The van der Waals surface area contributed by atoms with Gasteiger partial charge in [0.1, 0.15) is 18.7 Å². The third-order valence-corrected chi connectivity index (χ3v) is 4.25. The minimum absolute atomic E-state index is 0.106. The number of urea groups is 1. The minimum atomic E-state index is -4.87. The number of hydrogen-bond donors (Lipinski definition) is 2. The van der Waals surface area contributed by atoms with Crippen LogP contribution < -0.4 is 5.32 Å². The first kappa shape index (κ1) is 16.5. The Morgan fingerprint density at radius 1 is 1.54 bits per heavy atom. The van der Waals surface area contributed by atoms with Crippen molar-refractivity contribution in [2.75, 3.05) is 20.2 Å². The third-order valence-electron chi connectivity index (χ3n) is 3.90. The van der Waals surface area contributed by atoms with Crippen LogP contribution in [0.3, 0.4) is 0 Å². The lowest BCUT2D eigenvalue weighted by Gasteiger charge is -2.30. The molecule has 12 nitrogen and oxygen atoms in total. The van der Waals surface area contributed by atoms with Crippen LogP contribution in [0.1, 0.15) is 23.3 Å². The second-order valence-corrected chi connectivity index (χ2v) is 6.26. The van der Waals surface area contributed by atoms with Crippen molar-refractivity contribution in [1.29, 1.82) is 0 Å². The van der Waals surface area contributed by atoms with Gasteiger partial charge in [-0.25, -0.2) is 9.59 Å². The van der Waals surface area contributed by atoms with Crippen LogP contribution in [0.25, 0.3) is 0 Å². The van der Waals surface area contributed by atoms with Crippen molar-refractivity contribution in [2.24, 2.45) is 7.05 Å². The number of carbonyl (C=O) groups excluding carboxylic acids is 2. The molecule has 2 bridgehead atoms. The number of ether oxygens (including phenoxy) is 1. The first-order valence-electron chi connectivity index (χ1n) is 6.86. The lowest BCUT2D eigenvalue weighted by Crippen LogP contribution is -2.38. The van der Waals surface area contributed by atoms with Crippen molar-refractivity contribution in [3.63, 3.8) is 0 Å². The normalized spacial score (nSPS) is 22.5. The fourth-order valence-electron chi connectivity index (χ4n) is 2.94. The number of alkyl carbamates (subject to hydrolysis) is 1. The van der Waals surface area contributed by atoms with Crippen molar-refractivity contribution in [2.45, 2.75) is 12.1 Å². The highest BCUT2D eigenvalue weighted by Gasteiger charge is 2.51. The zero-order chi connectivity index (χ0) is 17.6. The summed E-state index contributed by atoms with van der Waals surface area (Å²) in [5, 5.41) is 6.97. The quantitative estimate of drug-likeness (QED) is 0.673. The zero-order valence-corrected chi connectivity index (χ0v) is 13.6. The van der Waals surface area contributed by atoms with Gasteiger partial charge in [-0.2, -0.15) is 18.6 Å². The van der Waals surface area contributed by atoms with Gasteiger partial charge in [0, 0.05) is 19.7 Å². The van der Waals surface area contributed by atoms with E-state index in [0.29, 0.717) is 16.3 Å². The van der Waals surface area contributed by atoms with Crippen LogP contribution in [0.15, 0.2) is 6.20 Å². The van der Waals surface area contributed by atoms with E-state index in [9.17, 15) is 18.0 Å². The Hall–Kier alpha value is -2.38. The van der Waals surface area contributed by atoms with Crippen molar-refractivity contribution in [1.82, 2.24) is 25.1 Å². The molecule has 24 heavy (non-hydrogen) atoms. The summed E-state index contributed by atoms with van der Waals surface area (Å²) in [6.07, 6.45) is 0.807. The molecule has 0 spiro atoms. The molecule has 1 aromatic heterocycles. The maximum absolute atomic E-state index is 12.4. The van der Waals surface area contributed by atoms with E-state index in [0.717, 1.165) is 0 Å². The van der Waals surface area contributed by atoms with E-state index in [1.807, 2.05) is 0 Å². The Bertz CT molecular complexity index is 791. The largest absolute Gasteiger partial charge is 0.447 e. The van der Waals surface area contributed by atoms with Crippen LogP contribution in [0.2, 0.25) is 0 Å². The molecule has 132 valence electrons. The molecule has 1 saturated heterocycles. The standard InChI is InChI=1S/C11H15N5O7S/c1-12-10(17)22-5-8-9-6(3-13-14(9)2)7-4-15(8)11(18)16(7)23-24(19,20)21/h3,7-8H,4-5H2,1-2H3,(H,12,17)(H,19,20,21)/t7-,8-/m1/s1. The maximum Gasteiger partial charge on any atom is 0.418 e. The van der Waals surface area contributed by atoms with Crippen molar-refractivity contribution < 1.29 is 31.6 Å². The predicted molar refractivity (Wildman–Crippen MR) is 75.7 cm³/mol. The van der Waals surface area contributed by atoms with Gasteiger partial charge in [-0.05, 0) is 0 Å². The molecule has 3 rings (SSSR count). The van der Waals surface area contributed by atoms with Gasteiger partial charge < -0.3 is 15.0 Å². The van der Waals surface area contributed by atoms with Crippen molar-refractivity contribution in [3.05, 3.63) is 17.5 Å². The Labute approximate surface area is 136 Å². The molecular weight excluding hydrogens is 346 g/mol. The minimum Gasteiger partial charge on any atom is -0.447 e. The Morgan fingerprint density at radius 3 is 2.88 bits per heavy atom. The summed E-state index contributed by atoms with van der Waals surface area (Å²) in [6, 6.07) is -2.18. The molecule has 3 amide bonds. The topological polar surface area (TPSA) is 143 Å². The number of carbonyl (C=O) groups is 2. The van der Waals surface area contributed by atoms with Crippen molar-refractivity contribution in [3.8, 4) is 0 Å². The Kier molecular flexibility index (Phi) is 3.85. The Morgan fingerprint density at radius 2 is 2.25 bits per heavy atom. The van der Waals surface area contributed by atoms with Crippen LogP contribution in [0.5, 0.6) is 0 Å². The molecule has 2 aliphatic rings. The molecule has 0 aliphatic carbocycles. The van der Waals surface area contributed by atoms with Gasteiger partial charge in [0.15, 0.2) is 0 Å². The molecule has 1 aromatic rings. The lowest BCUT2D eigenvalue weighted by molar-refractivity contribution is -0.0317. The van der Waals surface area contributed by atoms with Gasteiger partial charge >= 0.3 is 22.5 Å². The molecule has 0 unspecified atom stereocenters. The SMILES string of the molecule is CNC(=O)OC[C@@H]1c2c(cnn2C)[C@H]2CN1C(=O)N2OS(=O)(=O)O. The van der Waals surface area contributed by atoms with Gasteiger partial charge in [-0.15, -0.1) is 4.28 Å². The van der Waals surface area contributed by atoms with Gasteiger partial charge in [-0.3, -0.25) is 9.23 Å². The number of nitrogens with zero attached hydrogens (tertiary/aromatic N) is 4. The smallest absolute Gasteiger partial charge is 0.418 e. The molecule has 0 aromatic carbocycles. The average molecular weight is 361 g/mol. The summed E-state index contributed by atoms with van der Waals surface area (Å²) in [4.78, 5) is 25.0. The van der Waals surface area contributed by atoms with E-state index in [1.165, 1.54) is 22.8 Å². The number of fused-ring (bicyclic) bond motifs is 4. The highest BCUT2D eigenvalue weighted by Crippen LogP contribution is 2.43. The molecule has 2 aliphatic heterocycles. The summed E-state index contributed by atoms with van der Waals surface area (Å²) >= 11 is 0. The number of hydrogen-bond acceptors (Lipinski definition) is 7. The van der Waals surface area contributed by atoms with Gasteiger partial charge in [0.05, 0.1) is 18.4 Å². The molecule has 2 N–H and O–H groups in total. The van der Waals surface area contributed by atoms with Gasteiger partial charge in [-0.1, -0.05) is 0 Å².